The summed E-state index contributed by atoms with van der Waals surface area (Å²) in [6, 6.07) is 20.9. The first-order valence-corrected chi connectivity index (χ1v) is 7.58. The third kappa shape index (κ3) is 3.88. The molecule has 0 heterocycles. The van der Waals surface area contributed by atoms with Crippen molar-refractivity contribution in [1.82, 2.24) is 0 Å². The summed E-state index contributed by atoms with van der Waals surface area (Å²) in [5.74, 6) is -0.459. The minimum Gasteiger partial charge on any atom is -0.322 e. The Balaban J connectivity index is 1.91. The second-order valence-electron chi connectivity index (χ2n) is 5.44. The van der Waals surface area contributed by atoms with Gasteiger partial charge in [0.05, 0.1) is 5.56 Å². The molecule has 0 saturated heterocycles. The zero-order valence-corrected chi connectivity index (χ0v) is 13.0. The molecule has 2 nitrogen and oxygen atoms in total. The van der Waals surface area contributed by atoms with Gasteiger partial charge in [-0.05, 0) is 35.4 Å². The van der Waals surface area contributed by atoms with Crippen LogP contribution in [0, 0.1) is 0 Å². The second kappa shape index (κ2) is 6.81. The molecule has 0 fully saturated rings. The zero-order chi connectivity index (χ0) is 17.9. The summed E-state index contributed by atoms with van der Waals surface area (Å²) < 4.78 is 38.4. The van der Waals surface area contributed by atoms with Gasteiger partial charge in [0.1, 0.15) is 0 Å². The highest BCUT2D eigenvalue weighted by molar-refractivity contribution is 6.08. The van der Waals surface area contributed by atoms with E-state index in [1.165, 1.54) is 12.1 Å². The molecule has 126 valence electrons. The Hall–Kier alpha value is -3.08. The summed E-state index contributed by atoms with van der Waals surface area (Å²) in [6.45, 7) is 0. The van der Waals surface area contributed by atoms with Gasteiger partial charge in [-0.2, -0.15) is 13.2 Å². The van der Waals surface area contributed by atoms with Crippen molar-refractivity contribution >= 4 is 11.6 Å². The Morgan fingerprint density at radius 2 is 1.48 bits per heavy atom. The van der Waals surface area contributed by atoms with Crippen LogP contribution in [-0.4, -0.2) is 5.91 Å². The molecule has 3 aromatic rings. The van der Waals surface area contributed by atoms with Gasteiger partial charge in [-0.15, -0.1) is 0 Å². The normalized spacial score (nSPS) is 11.2. The van der Waals surface area contributed by atoms with Crippen LogP contribution in [0.5, 0.6) is 0 Å². The van der Waals surface area contributed by atoms with Gasteiger partial charge in [-0.3, -0.25) is 4.79 Å². The van der Waals surface area contributed by atoms with Crippen LogP contribution in [0.2, 0.25) is 0 Å². The molecule has 0 aliphatic carbocycles. The average Bonchev–Trinajstić information content (AvgIpc) is 2.62. The van der Waals surface area contributed by atoms with E-state index in [1.807, 2.05) is 36.4 Å². The Kier molecular flexibility index (Phi) is 4.57. The van der Waals surface area contributed by atoms with Crippen LogP contribution in [0.3, 0.4) is 0 Å². The number of benzene rings is 3. The number of halogens is 3. The minimum atomic E-state index is -4.46. The van der Waals surface area contributed by atoms with Crippen molar-refractivity contribution in [3.63, 3.8) is 0 Å². The minimum absolute atomic E-state index is 0.0997. The van der Waals surface area contributed by atoms with Crippen molar-refractivity contribution in [3.05, 3.63) is 90.0 Å². The van der Waals surface area contributed by atoms with E-state index in [1.54, 1.807) is 18.2 Å². The van der Waals surface area contributed by atoms with Gasteiger partial charge < -0.3 is 5.32 Å². The van der Waals surface area contributed by atoms with Crippen molar-refractivity contribution in [2.45, 2.75) is 6.18 Å². The first kappa shape index (κ1) is 16.8. The summed E-state index contributed by atoms with van der Waals surface area (Å²) in [5, 5.41) is 2.54. The van der Waals surface area contributed by atoms with Crippen LogP contribution in [-0.2, 0) is 6.18 Å². The van der Waals surface area contributed by atoms with Crippen LogP contribution in [0.4, 0.5) is 18.9 Å². The maximum Gasteiger partial charge on any atom is 0.416 e. The maximum absolute atomic E-state index is 12.8. The highest BCUT2D eigenvalue weighted by atomic mass is 19.4. The molecule has 0 radical (unpaired) electrons. The Morgan fingerprint density at radius 1 is 0.800 bits per heavy atom. The quantitative estimate of drug-likeness (QED) is 0.658. The van der Waals surface area contributed by atoms with E-state index < -0.39 is 17.6 Å². The lowest BCUT2D eigenvalue weighted by Gasteiger charge is -2.12. The van der Waals surface area contributed by atoms with Crippen LogP contribution < -0.4 is 5.32 Å². The highest BCUT2D eigenvalue weighted by Crippen LogP contribution is 2.31. The summed E-state index contributed by atoms with van der Waals surface area (Å²) in [7, 11) is 0. The lowest BCUT2D eigenvalue weighted by Crippen LogP contribution is -2.14. The van der Waals surface area contributed by atoms with E-state index in [0.29, 0.717) is 11.1 Å². The van der Waals surface area contributed by atoms with Gasteiger partial charge >= 0.3 is 6.18 Å². The number of rotatable bonds is 3. The lowest BCUT2D eigenvalue weighted by molar-refractivity contribution is -0.137. The largest absolute Gasteiger partial charge is 0.416 e. The third-order valence-electron chi connectivity index (χ3n) is 3.70. The van der Waals surface area contributed by atoms with E-state index in [-0.39, 0.29) is 5.69 Å². The zero-order valence-electron chi connectivity index (χ0n) is 13.0. The SMILES string of the molecule is O=C(Nc1cccc(C(F)(F)F)c1)c1ccccc1-c1ccccc1. The first-order valence-electron chi connectivity index (χ1n) is 7.58. The average molecular weight is 341 g/mol. The van der Waals surface area contributed by atoms with Gasteiger partial charge in [-0.1, -0.05) is 54.6 Å². The molecule has 1 N–H and O–H groups in total. The highest BCUT2D eigenvalue weighted by Gasteiger charge is 2.30. The molecule has 0 aliphatic heterocycles. The van der Waals surface area contributed by atoms with Crippen LogP contribution in [0.25, 0.3) is 11.1 Å². The number of alkyl halides is 3. The summed E-state index contributed by atoms with van der Waals surface area (Å²) in [6.07, 6.45) is -4.46. The number of anilines is 1. The van der Waals surface area contributed by atoms with Gasteiger partial charge in [0.25, 0.3) is 5.91 Å². The van der Waals surface area contributed by atoms with E-state index in [9.17, 15) is 18.0 Å². The van der Waals surface area contributed by atoms with E-state index in [0.717, 1.165) is 17.7 Å². The van der Waals surface area contributed by atoms with Crippen LogP contribution in [0.15, 0.2) is 78.9 Å². The molecule has 0 aromatic heterocycles. The van der Waals surface area contributed by atoms with Gasteiger partial charge in [0.2, 0.25) is 0 Å². The topological polar surface area (TPSA) is 29.1 Å². The summed E-state index contributed by atoms with van der Waals surface area (Å²) >= 11 is 0. The second-order valence-corrected chi connectivity index (χ2v) is 5.44. The van der Waals surface area contributed by atoms with Crippen molar-refractivity contribution in [2.24, 2.45) is 0 Å². The van der Waals surface area contributed by atoms with Crippen molar-refractivity contribution in [2.75, 3.05) is 5.32 Å². The van der Waals surface area contributed by atoms with E-state index in [4.69, 9.17) is 0 Å². The molecule has 1 amide bonds. The van der Waals surface area contributed by atoms with Crippen LogP contribution >= 0.6 is 0 Å². The molecule has 3 rings (SSSR count). The Morgan fingerprint density at radius 3 is 2.20 bits per heavy atom. The number of amides is 1. The van der Waals surface area contributed by atoms with Gasteiger partial charge in [0.15, 0.2) is 0 Å². The molecule has 0 bridgehead atoms. The fraction of sp³-hybridized carbons (Fsp3) is 0.0500. The maximum atomic E-state index is 12.8. The van der Waals surface area contributed by atoms with Gasteiger partial charge in [-0.25, -0.2) is 0 Å². The molecule has 0 aliphatic rings. The van der Waals surface area contributed by atoms with E-state index in [2.05, 4.69) is 5.32 Å². The smallest absolute Gasteiger partial charge is 0.322 e. The first-order chi connectivity index (χ1) is 11.9. The molecule has 0 atom stereocenters. The van der Waals surface area contributed by atoms with Crippen molar-refractivity contribution < 1.29 is 18.0 Å². The monoisotopic (exact) mass is 341 g/mol. The number of hydrogen-bond acceptors (Lipinski definition) is 1. The molecule has 3 aromatic carbocycles. The fourth-order valence-corrected chi connectivity index (χ4v) is 2.52. The molecule has 5 heteroatoms. The summed E-state index contributed by atoms with van der Waals surface area (Å²) in [5.41, 5.74) is 1.26. The molecule has 25 heavy (non-hydrogen) atoms. The molecule has 0 saturated carbocycles. The summed E-state index contributed by atoms with van der Waals surface area (Å²) in [4.78, 5) is 12.6. The standard InChI is InChI=1S/C20H14F3NO/c21-20(22,23)15-9-6-10-16(13-15)24-19(25)18-12-5-4-11-17(18)14-7-2-1-3-8-14/h1-13H,(H,24,25). The third-order valence-corrected chi connectivity index (χ3v) is 3.70. The Bertz CT molecular complexity index is 889. The Labute approximate surface area is 142 Å². The van der Waals surface area contributed by atoms with Crippen molar-refractivity contribution in [3.8, 4) is 11.1 Å². The number of hydrogen-bond donors (Lipinski definition) is 1. The predicted octanol–water partition coefficient (Wildman–Crippen LogP) is 5.62. The van der Waals surface area contributed by atoms with Crippen molar-refractivity contribution in [1.29, 1.82) is 0 Å². The van der Waals surface area contributed by atoms with Crippen LogP contribution in [0.1, 0.15) is 15.9 Å². The molecule has 0 spiro atoms. The lowest BCUT2D eigenvalue weighted by atomic mass is 9.99. The fourth-order valence-electron chi connectivity index (χ4n) is 2.52. The molecular weight excluding hydrogens is 327 g/mol. The number of nitrogens with one attached hydrogen (secondary N) is 1. The molecule has 0 unspecified atom stereocenters. The van der Waals surface area contributed by atoms with Gasteiger partial charge in [0, 0.05) is 11.3 Å². The molecular formula is C20H14F3NO. The number of carbonyl (C=O) groups is 1. The number of carbonyl (C=O) groups excluding carboxylic acids is 1. The van der Waals surface area contributed by atoms with E-state index >= 15 is 0 Å². The predicted molar refractivity (Wildman–Crippen MR) is 91.3 cm³/mol.